The summed E-state index contributed by atoms with van der Waals surface area (Å²) in [6, 6.07) is 6.98. The molecule has 2 heteroatoms. The van der Waals surface area contributed by atoms with Gasteiger partial charge in [0.15, 0.2) is 0 Å². The molecule has 2 rings (SSSR count). The summed E-state index contributed by atoms with van der Waals surface area (Å²) in [4.78, 5) is 0. The van der Waals surface area contributed by atoms with Crippen LogP contribution in [0.5, 0.6) is 0 Å². The van der Waals surface area contributed by atoms with Crippen LogP contribution < -0.4 is 5.32 Å². The van der Waals surface area contributed by atoms with E-state index < -0.39 is 0 Å². The Balaban J connectivity index is 2.07. The lowest BCUT2D eigenvalue weighted by Crippen LogP contribution is -2.40. The Morgan fingerprint density at radius 1 is 1.23 bits per heavy atom. The van der Waals surface area contributed by atoms with Crippen LogP contribution in [0.15, 0.2) is 18.2 Å². The first-order chi connectivity index (χ1) is 6.25. The van der Waals surface area contributed by atoms with Crippen LogP contribution in [0.4, 0.5) is 5.69 Å². The second-order valence-corrected chi connectivity index (χ2v) is 3.68. The van der Waals surface area contributed by atoms with Gasteiger partial charge in [0.2, 0.25) is 0 Å². The Labute approximate surface area is 78.9 Å². The Morgan fingerprint density at radius 2 is 2.00 bits per heavy atom. The predicted octanol–water partition coefficient (Wildman–Crippen LogP) is 2.11. The first-order valence-corrected chi connectivity index (χ1v) is 4.67. The van der Waals surface area contributed by atoms with E-state index in [1.54, 1.807) is 0 Å². The Kier molecular flexibility index (Phi) is 2.23. The molecule has 0 bridgehead atoms. The molecule has 1 aliphatic heterocycles. The van der Waals surface area contributed by atoms with Gasteiger partial charge in [-0.05, 0) is 37.1 Å². The highest BCUT2D eigenvalue weighted by Gasteiger charge is 2.17. The summed E-state index contributed by atoms with van der Waals surface area (Å²) >= 11 is 0. The van der Waals surface area contributed by atoms with E-state index in [-0.39, 0.29) is 0 Å². The van der Waals surface area contributed by atoms with Gasteiger partial charge in [-0.1, -0.05) is 6.07 Å². The first-order valence-electron chi connectivity index (χ1n) is 4.67. The van der Waals surface area contributed by atoms with Gasteiger partial charge in [0.1, 0.15) is 0 Å². The van der Waals surface area contributed by atoms with E-state index in [2.05, 4.69) is 37.4 Å². The minimum Gasteiger partial charge on any atom is -0.378 e. The standard InChI is InChI=1S/C11H15NO/c1-8-3-4-10(5-9(8)2)12-11-6-13-7-11/h3-5,11-12H,6-7H2,1-2H3. The van der Waals surface area contributed by atoms with E-state index in [4.69, 9.17) is 4.74 Å². The summed E-state index contributed by atoms with van der Waals surface area (Å²) in [5.74, 6) is 0. The van der Waals surface area contributed by atoms with Crippen molar-refractivity contribution >= 4 is 5.69 Å². The van der Waals surface area contributed by atoms with Gasteiger partial charge in [-0.15, -0.1) is 0 Å². The molecule has 0 aliphatic carbocycles. The quantitative estimate of drug-likeness (QED) is 0.747. The normalized spacial score (nSPS) is 16.8. The van der Waals surface area contributed by atoms with Crippen LogP contribution in [-0.4, -0.2) is 19.3 Å². The molecule has 0 unspecified atom stereocenters. The van der Waals surface area contributed by atoms with Crippen molar-refractivity contribution in [2.24, 2.45) is 0 Å². The van der Waals surface area contributed by atoms with Gasteiger partial charge >= 0.3 is 0 Å². The van der Waals surface area contributed by atoms with Gasteiger partial charge in [0.05, 0.1) is 19.3 Å². The van der Waals surface area contributed by atoms with Crippen LogP contribution >= 0.6 is 0 Å². The number of nitrogens with one attached hydrogen (secondary N) is 1. The third-order valence-electron chi connectivity index (χ3n) is 2.52. The van der Waals surface area contributed by atoms with Crippen LogP contribution in [0.2, 0.25) is 0 Å². The third kappa shape index (κ3) is 1.83. The fourth-order valence-corrected chi connectivity index (χ4v) is 1.39. The van der Waals surface area contributed by atoms with Crippen LogP contribution in [0.1, 0.15) is 11.1 Å². The molecule has 0 atom stereocenters. The van der Waals surface area contributed by atoms with E-state index in [1.165, 1.54) is 16.8 Å². The highest BCUT2D eigenvalue weighted by molar-refractivity contribution is 5.49. The van der Waals surface area contributed by atoms with Gasteiger partial charge in [0, 0.05) is 5.69 Å². The summed E-state index contributed by atoms with van der Waals surface area (Å²) in [6.45, 7) is 5.95. The summed E-state index contributed by atoms with van der Waals surface area (Å²) in [5.41, 5.74) is 3.89. The summed E-state index contributed by atoms with van der Waals surface area (Å²) in [6.07, 6.45) is 0. The second kappa shape index (κ2) is 3.38. The SMILES string of the molecule is Cc1ccc(NC2COC2)cc1C. The van der Waals surface area contributed by atoms with Crippen molar-refractivity contribution in [2.75, 3.05) is 18.5 Å². The molecule has 1 aromatic carbocycles. The Morgan fingerprint density at radius 3 is 2.54 bits per heavy atom. The van der Waals surface area contributed by atoms with Crippen LogP contribution in [-0.2, 0) is 4.74 Å². The molecule has 0 amide bonds. The molecule has 13 heavy (non-hydrogen) atoms. The highest BCUT2D eigenvalue weighted by Crippen LogP contribution is 2.16. The zero-order valence-corrected chi connectivity index (χ0v) is 8.13. The maximum atomic E-state index is 5.10. The summed E-state index contributed by atoms with van der Waals surface area (Å²) in [7, 11) is 0. The Bertz CT molecular complexity index is 305. The molecule has 1 aromatic rings. The van der Waals surface area contributed by atoms with E-state index in [0.717, 1.165) is 13.2 Å². The molecule has 1 fully saturated rings. The summed E-state index contributed by atoms with van der Waals surface area (Å²) < 4.78 is 5.10. The first kappa shape index (κ1) is 8.57. The maximum absolute atomic E-state index is 5.10. The highest BCUT2D eigenvalue weighted by atomic mass is 16.5. The molecule has 1 N–H and O–H groups in total. The van der Waals surface area contributed by atoms with Crippen LogP contribution in [0.25, 0.3) is 0 Å². The topological polar surface area (TPSA) is 21.3 Å². The Hall–Kier alpha value is -1.02. The molecule has 2 nitrogen and oxygen atoms in total. The van der Waals surface area contributed by atoms with Crippen molar-refractivity contribution in [2.45, 2.75) is 19.9 Å². The van der Waals surface area contributed by atoms with Gasteiger partial charge in [-0.2, -0.15) is 0 Å². The van der Waals surface area contributed by atoms with Crippen LogP contribution in [0, 0.1) is 13.8 Å². The molecule has 0 aromatic heterocycles. The molecule has 0 radical (unpaired) electrons. The largest absolute Gasteiger partial charge is 0.378 e. The van der Waals surface area contributed by atoms with E-state index in [0.29, 0.717) is 6.04 Å². The molecular formula is C11H15NO. The lowest BCUT2D eigenvalue weighted by Gasteiger charge is -2.28. The predicted molar refractivity (Wildman–Crippen MR) is 54.1 cm³/mol. The monoisotopic (exact) mass is 177 g/mol. The van der Waals surface area contributed by atoms with Gasteiger partial charge in [0.25, 0.3) is 0 Å². The molecule has 0 saturated carbocycles. The average Bonchev–Trinajstić information content (AvgIpc) is 2.04. The maximum Gasteiger partial charge on any atom is 0.0728 e. The molecule has 1 heterocycles. The number of hydrogen-bond acceptors (Lipinski definition) is 2. The fraction of sp³-hybridized carbons (Fsp3) is 0.455. The fourth-order valence-electron chi connectivity index (χ4n) is 1.39. The average molecular weight is 177 g/mol. The van der Waals surface area contributed by atoms with Crippen molar-refractivity contribution in [1.29, 1.82) is 0 Å². The lowest BCUT2D eigenvalue weighted by atomic mass is 10.1. The molecule has 1 aliphatic rings. The number of anilines is 1. The van der Waals surface area contributed by atoms with Crippen molar-refractivity contribution in [3.05, 3.63) is 29.3 Å². The van der Waals surface area contributed by atoms with Crippen molar-refractivity contribution < 1.29 is 4.74 Å². The van der Waals surface area contributed by atoms with Crippen LogP contribution in [0.3, 0.4) is 0 Å². The summed E-state index contributed by atoms with van der Waals surface area (Å²) in [5, 5.41) is 3.42. The van der Waals surface area contributed by atoms with Crippen molar-refractivity contribution in [3.63, 3.8) is 0 Å². The second-order valence-electron chi connectivity index (χ2n) is 3.68. The van der Waals surface area contributed by atoms with Gasteiger partial charge in [-0.25, -0.2) is 0 Å². The lowest BCUT2D eigenvalue weighted by molar-refractivity contribution is 0.0211. The van der Waals surface area contributed by atoms with E-state index in [9.17, 15) is 0 Å². The number of ether oxygens (including phenoxy) is 1. The van der Waals surface area contributed by atoms with Crippen molar-refractivity contribution in [3.8, 4) is 0 Å². The molecular weight excluding hydrogens is 162 g/mol. The molecule has 70 valence electrons. The third-order valence-corrected chi connectivity index (χ3v) is 2.52. The zero-order chi connectivity index (χ0) is 9.26. The molecule has 1 saturated heterocycles. The smallest absolute Gasteiger partial charge is 0.0728 e. The number of hydrogen-bond donors (Lipinski definition) is 1. The minimum absolute atomic E-state index is 0.516. The van der Waals surface area contributed by atoms with Gasteiger partial charge in [-0.3, -0.25) is 0 Å². The van der Waals surface area contributed by atoms with Gasteiger partial charge < -0.3 is 10.1 Å². The minimum atomic E-state index is 0.516. The zero-order valence-electron chi connectivity index (χ0n) is 8.13. The number of aryl methyl sites for hydroxylation is 2. The van der Waals surface area contributed by atoms with E-state index in [1.807, 2.05) is 0 Å². The molecule has 0 spiro atoms. The van der Waals surface area contributed by atoms with Crippen molar-refractivity contribution in [1.82, 2.24) is 0 Å². The number of rotatable bonds is 2. The van der Waals surface area contributed by atoms with E-state index >= 15 is 0 Å². The number of benzene rings is 1.